The Labute approximate surface area is 132 Å². The summed E-state index contributed by atoms with van der Waals surface area (Å²) in [6, 6.07) is 6.88. The average molecular weight is 314 g/mol. The lowest BCUT2D eigenvalue weighted by Crippen LogP contribution is -2.31. The van der Waals surface area contributed by atoms with Crippen molar-refractivity contribution in [3.63, 3.8) is 0 Å². The first-order valence-corrected chi connectivity index (χ1v) is 6.94. The van der Waals surface area contributed by atoms with Crippen LogP contribution in [0.2, 0.25) is 0 Å². The van der Waals surface area contributed by atoms with Crippen LogP contribution in [0.3, 0.4) is 0 Å². The maximum absolute atomic E-state index is 11.8. The summed E-state index contributed by atoms with van der Waals surface area (Å²) in [5, 5.41) is 8.74. The highest BCUT2D eigenvalue weighted by atomic mass is 35.5. The first-order chi connectivity index (χ1) is 9.54. The lowest BCUT2D eigenvalue weighted by Gasteiger charge is -2.09. The van der Waals surface area contributed by atoms with Crippen LogP contribution in [0.15, 0.2) is 24.3 Å². The van der Waals surface area contributed by atoms with Crippen LogP contribution in [0, 0.1) is 5.92 Å². The van der Waals surface area contributed by atoms with E-state index in [9.17, 15) is 9.59 Å². The molecule has 6 heteroatoms. The lowest BCUT2D eigenvalue weighted by molar-refractivity contribution is -0.118. The minimum absolute atomic E-state index is 0. The van der Waals surface area contributed by atoms with Gasteiger partial charge in [0, 0.05) is 30.3 Å². The van der Waals surface area contributed by atoms with Crippen LogP contribution in [0.4, 0.5) is 5.69 Å². The van der Waals surface area contributed by atoms with Crippen LogP contribution in [-0.4, -0.2) is 31.4 Å². The smallest absolute Gasteiger partial charge is 0.251 e. The maximum Gasteiger partial charge on any atom is 0.251 e. The van der Waals surface area contributed by atoms with Gasteiger partial charge in [-0.2, -0.15) is 0 Å². The third kappa shape index (κ3) is 7.11. The van der Waals surface area contributed by atoms with Gasteiger partial charge in [0.05, 0.1) is 0 Å². The fourth-order valence-corrected chi connectivity index (χ4v) is 1.53. The molecular weight excluding hydrogens is 290 g/mol. The fraction of sp³-hybridized carbons (Fsp3) is 0.467. The van der Waals surface area contributed by atoms with E-state index in [0.717, 1.165) is 13.1 Å². The van der Waals surface area contributed by atoms with E-state index in [-0.39, 0.29) is 30.1 Å². The monoisotopic (exact) mass is 313 g/mol. The molecule has 0 saturated heterocycles. The molecule has 0 aliphatic carbocycles. The van der Waals surface area contributed by atoms with E-state index in [4.69, 9.17) is 0 Å². The number of rotatable bonds is 7. The zero-order valence-corrected chi connectivity index (χ0v) is 13.5. The van der Waals surface area contributed by atoms with Gasteiger partial charge < -0.3 is 16.0 Å². The molecule has 5 nitrogen and oxygen atoms in total. The summed E-state index contributed by atoms with van der Waals surface area (Å²) < 4.78 is 0. The minimum atomic E-state index is -0.107. The normalized spacial score (nSPS) is 9.90. The molecule has 2 amide bonds. The molecule has 0 bridgehead atoms. The number of amides is 2. The van der Waals surface area contributed by atoms with E-state index < -0.39 is 0 Å². The van der Waals surface area contributed by atoms with Gasteiger partial charge in [0.1, 0.15) is 0 Å². The average Bonchev–Trinajstić information content (AvgIpc) is 2.44. The molecule has 0 radical (unpaired) electrons. The second-order valence-corrected chi connectivity index (χ2v) is 4.83. The van der Waals surface area contributed by atoms with Crippen molar-refractivity contribution in [2.24, 2.45) is 5.92 Å². The number of likely N-dealkylation sites (N-methyl/N-ethyl adjacent to an activating group) is 1. The number of nitrogens with one attached hydrogen (secondary N) is 3. The second kappa shape index (κ2) is 10.2. The standard InChI is InChI=1S/C15H23N3O2.ClH/c1-4-16-9-10-17-15(20)12-5-7-13(8-6-12)18-14(19)11(2)3;/h5-8,11,16H,4,9-10H2,1-3H3,(H,17,20)(H,18,19);1H. The quantitative estimate of drug-likeness (QED) is 0.675. The molecule has 3 N–H and O–H groups in total. The van der Waals surface area contributed by atoms with Gasteiger partial charge in [-0.3, -0.25) is 9.59 Å². The summed E-state index contributed by atoms with van der Waals surface area (Å²) in [5.74, 6) is -0.207. The van der Waals surface area contributed by atoms with E-state index in [2.05, 4.69) is 16.0 Å². The Kier molecular flexibility index (Phi) is 9.41. The molecule has 0 aromatic heterocycles. The Balaban J connectivity index is 0.00000400. The number of carbonyl (C=O) groups is 2. The van der Waals surface area contributed by atoms with Crippen LogP contribution >= 0.6 is 12.4 Å². The van der Waals surface area contributed by atoms with Crippen molar-refractivity contribution in [3.05, 3.63) is 29.8 Å². The van der Waals surface area contributed by atoms with E-state index in [1.807, 2.05) is 20.8 Å². The van der Waals surface area contributed by atoms with Crippen molar-refractivity contribution < 1.29 is 9.59 Å². The highest BCUT2D eigenvalue weighted by Crippen LogP contribution is 2.10. The van der Waals surface area contributed by atoms with Gasteiger partial charge >= 0.3 is 0 Å². The molecule has 0 heterocycles. The van der Waals surface area contributed by atoms with Crippen molar-refractivity contribution in [1.29, 1.82) is 0 Å². The topological polar surface area (TPSA) is 70.2 Å². The SMILES string of the molecule is CCNCCNC(=O)c1ccc(NC(=O)C(C)C)cc1.Cl. The lowest BCUT2D eigenvalue weighted by atomic mass is 10.1. The van der Waals surface area contributed by atoms with Crippen molar-refractivity contribution in [2.45, 2.75) is 20.8 Å². The largest absolute Gasteiger partial charge is 0.351 e. The molecule has 118 valence electrons. The summed E-state index contributed by atoms with van der Waals surface area (Å²) in [6.45, 7) is 7.93. The molecule has 1 rings (SSSR count). The molecule has 0 unspecified atom stereocenters. The van der Waals surface area contributed by atoms with E-state index in [1.165, 1.54) is 0 Å². The van der Waals surface area contributed by atoms with Gasteiger partial charge in [0.15, 0.2) is 0 Å². The summed E-state index contributed by atoms with van der Waals surface area (Å²) in [7, 11) is 0. The van der Waals surface area contributed by atoms with Crippen molar-refractivity contribution in [1.82, 2.24) is 10.6 Å². The summed E-state index contributed by atoms with van der Waals surface area (Å²) in [4.78, 5) is 23.4. The van der Waals surface area contributed by atoms with Crippen LogP contribution < -0.4 is 16.0 Å². The van der Waals surface area contributed by atoms with Gasteiger partial charge in [-0.1, -0.05) is 20.8 Å². The number of benzene rings is 1. The molecule has 0 spiro atoms. The van der Waals surface area contributed by atoms with Crippen molar-refractivity contribution >= 4 is 29.9 Å². The van der Waals surface area contributed by atoms with Gasteiger partial charge in [-0.25, -0.2) is 0 Å². The molecule has 0 aliphatic rings. The third-order valence-electron chi connectivity index (χ3n) is 2.78. The molecule has 1 aromatic rings. The Morgan fingerprint density at radius 3 is 2.24 bits per heavy atom. The Morgan fingerprint density at radius 1 is 1.10 bits per heavy atom. The number of hydrogen-bond acceptors (Lipinski definition) is 3. The van der Waals surface area contributed by atoms with Crippen molar-refractivity contribution in [3.8, 4) is 0 Å². The van der Waals surface area contributed by atoms with E-state index in [0.29, 0.717) is 17.8 Å². The van der Waals surface area contributed by atoms with Crippen molar-refractivity contribution in [2.75, 3.05) is 25.0 Å². The first-order valence-electron chi connectivity index (χ1n) is 6.94. The highest BCUT2D eigenvalue weighted by molar-refractivity contribution is 5.96. The van der Waals surface area contributed by atoms with Gasteiger partial charge in [-0.15, -0.1) is 12.4 Å². The molecule has 0 aliphatic heterocycles. The molecule has 0 fully saturated rings. The van der Waals surface area contributed by atoms with Crippen LogP contribution in [0.5, 0.6) is 0 Å². The minimum Gasteiger partial charge on any atom is -0.351 e. The molecule has 0 saturated carbocycles. The zero-order valence-electron chi connectivity index (χ0n) is 12.7. The molecule has 21 heavy (non-hydrogen) atoms. The molecule has 1 aromatic carbocycles. The van der Waals surface area contributed by atoms with Crippen LogP contribution in [0.1, 0.15) is 31.1 Å². The van der Waals surface area contributed by atoms with Crippen LogP contribution in [0.25, 0.3) is 0 Å². The van der Waals surface area contributed by atoms with E-state index >= 15 is 0 Å². The summed E-state index contributed by atoms with van der Waals surface area (Å²) >= 11 is 0. The molecule has 0 atom stereocenters. The number of hydrogen-bond donors (Lipinski definition) is 3. The van der Waals surface area contributed by atoms with Gasteiger partial charge in [0.25, 0.3) is 5.91 Å². The Bertz CT molecular complexity index is 447. The van der Waals surface area contributed by atoms with Crippen LogP contribution in [-0.2, 0) is 4.79 Å². The maximum atomic E-state index is 11.8. The second-order valence-electron chi connectivity index (χ2n) is 4.83. The number of carbonyl (C=O) groups excluding carboxylic acids is 2. The first kappa shape index (κ1) is 19.4. The predicted molar refractivity (Wildman–Crippen MR) is 88.0 cm³/mol. The highest BCUT2D eigenvalue weighted by Gasteiger charge is 2.08. The van der Waals surface area contributed by atoms with E-state index in [1.54, 1.807) is 24.3 Å². The Morgan fingerprint density at radius 2 is 1.71 bits per heavy atom. The zero-order chi connectivity index (χ0) is 15.0. The third-order valence-corrected chi connectivity index (χ3v) is 2.78. The number of halogens is 1. The molecular formula is C15H24ClN3O2. The fourth-order valence-electron chi connectivity index (χ4n) is 1.53. The van der Waals surface area contributed by atoms with Gasteiger partial charge in [-0.05, 0) is 30.8 Å². The summed E-state index contributed by atoms with van der Waals surface area (Å²) in [6.07, 6.45) is 0. The van der Waals surface area contributed by atoms with Gasteiger partial charge in [0.2, 0.25) is 5.91 Å². The number of anilines is 1. The predicted octanol–water partition coefficient (Wildman–Crippen LogP) is 2.04. The summed E-state index contributed by atoms with van der Waals surface area (Å²) in [5.41, 5.74) is 1.29. The Hall–Kier alpha value is -1.59.